The fourth-order valence-electron chi connectivity index (χ4n) is 2.84. The van der Waals surface area contributed by atoms with Gasteiger partial charge in [0, 0.05) is 28.4 Å². The number of oxime groups is 1. The van der Waals surface area contributed by atoms with Crippen molar-refractivity contribution in [3.63, 3.8) is 0 Å². The summed E-state index contributed by atoms with van der Waals surface area (Å²) in [7, 11) is -1.97. The quantitative estimate of drug-likeness (QED) is 0.208. The summed E-state index contributed by atoms with van der Waals surface area (Å²) < 4.78 is 26.3. The number of β-lactam (4-membered cyclic amide) rings is 1. The Hall–Kier alpha value is -2.63. The molecule has 3 rings (SSSR count). The molecule has 0 radical (unpaired) electrons. The number of rotatable bonds is 9. The van der Waals surface area contributed by atoms with Crippen molar-refractivity contribution in [2.24, 2.45) is 5.16 Å². The van der Waals surface area contributed by atoms with Gasteiger partial charge in [0.2, 0.25) is 11.5 Å². The first kappa shape index (κ1) is 25.0. The van der Waals surface area contributed by atoms with Gasteiger partial charge in [-0.15, -0.1) is 11.8 Å². The molecule has 1 fully saturated rings. The minimum Gasteiger partial charge on any atom is -0.477 e. The van der Waals surface area contributed by atoms with Gasteiger partial charge in [-0.3, -0.25) is 14.5 Å². The van der Waals surface area contributed by atoms with E-state index in [1.807, 2.05) is 0 Å². The van der Waals surface area contributed by atoms with E-state index in [2.05, 4.69) is 24.7 Å². The van der Waals surface area contributed by atoms with Crippen molar-refractivity contribution in [3.8, 4) is 0 Å². The Morgan fingerprint density at radius 3 is 2.79 bits per heavy atom. The molecule has 2 atom stereocenters. The Morgan fingerprint density at radius 1 is 1.48 bits per heavy atom. The van der Waals surface area contributed by atoms with Crippen LogP contribution in [-0.2, 0) is 29.1 Å². The molecule has 1 aromatic heterocycles. The molecule has 0 bridgehead atoms. The van der Waals surface area contributed by atoms with Gasteiger partial charge in [0.1, 0.15) is 24.2 Å². The minimum atomic E-state index is -3.20. The van der Waals surface area contributed by atoms with Crippen molar-refractivity contribution in [2.75, 3.05) is 30.6 Å². The van der Waals surface area contributed by atoms with Gasteiger partial charge >= 0.3 is 5.97 Å². The highest BCUT2D eigenvalue weighted by Gasteiger charge is 2.54. The second-order valence-electron chi connectivity index (χ2n) is 6.60. The van der Waals surface area contributed by atoms with Crippen molar-refractivity contribution in [2.45, 2.75) is 11.4 Å². The first-order valence-corrected chi connectivity index (χ1v) is 13.7. The van der Waals surface area contributed by atoms with Crippen LogP contribution in [0.1, 0.15) is 5.82 Å². The van der Waals surface area contributed by atoms with Gasteiger partial charge in [-0.05, 0) is 5.41 Å². The standard InChI is InChI=1S/C16H18N6O7S4/c1-29-20-8(11-19-16(17)32-21-11)12(23)18-9-13(24)22-10(15(25)26)7(6-31-14(9)22)30-4-3-5-33(2,27)28/h3-4,9,14H,5-6H2,1-2H3,(H,18,23)(H,25,26)(H2,17,19,21)/b4-3-,20-8-/t9?,14-/m1/s1. The molecule has 33 heavy (non-hydrogen) atoms. The van der Waals surface area contributed by atoms with Crippen LogP contribution in [0.5, 0.6) is 0 Å². The molecule has 0 aliphatic carbocycles. The zero-order valence-corrected chi connectivity index (χ0v) is 20.4. The Morgan fingerprint density at radius 2 is 2.21 bits per heavy atom. The van der Waals surface area contributed by atoms with Crippen LogP contribution in [0.2, 0.25) is 0 Å². The molecule has 13 nitrogen and oxygen atoms in total. The van der Waals surface area contributed by atoms with E-state index in [1.54, 1.807) is 0 Å². The highest BCUT2D eigenvalue weighted by molar-refractivity contribution is 8.08. The third-order valence-electron chi connectivity index (χ3n) is 4.18. The molecular formula is C16H18N6O7S4. The summed E-state index contributed by atoms with van der Waals surface area (Å²) in [6.07, 6.45) is 2.49. The van der Waals surface area contributed by atoms with E-state index >= 15 is 0 Å². The number of sulfone groups is 1. The number of nitrogens with zero attached hydrogens (tertiary/aromatic N) is 4. The number of nitrogen functional groups attached to an aromatic ring is 1. The predicted molar refractivity (Wildman–Crippen MR) is 124 cm³/mol. The number of carbonyl (C=O) groups is 3. The van der Waals surface area contributed by atoms with Gasteiger partial charge in [0.15, 0.2) is 15.0 Å². The van der Waals surface area contributed by atoms with Crippen LogP contribution in [0.25, 0.3) is 0 Å². The summed E-state index contributed by atoms with van der Waals surface area (Å²) in [6.45, 7) is 0. The number of aliphatic carboxylic acids is 1. The van der Waals surface area contributed by atoms with Crippen LogP contribution < -0.4 is 11.1 Å². The average Bonchev–Trinajstić information content (AvgIpc) is 3.17. The van der Waals surface area contributed by atoms with Gasteiger partial charge in [0.05, 0.1) is 5.75 Å². The normalized spacial score (nSPS) is 21.1. The molecule has 1 aromatic rings. The fraction of sp³-hybridized carbons (Fsp3) is 0.375. The summed E-state index contributed by atoms with van der Waals surface area (Å²) in [6, 6.07) is -0.998. The maximum Gasteiger partial charge on any atom is 0.353 e. The number of fused-ring (bicyclic) bond motifs is 1. The lowest BCUT2D eigenvalue weighted by Gasteiger charge is -2.49. The third-order valence-corrected chi connectivity index (χ3v) is 7.93. The molecule has 2 amide bonds. The number of aromatic nitrogens is 2. The van der Waals surface area contributed by atoms with Crippen LogP contribution in [0.15, 0.2) is 27.2 Å². The van der Waals surface area contributed by atoms with Gasteiger partial charge in [-0.2, -0.15) is 9.36 Å². The van der Waals surface area contributed by atoms with Crippen LogP contribution >= 0.6 is 35.1 Å². The van der Waals surface area contributed by atoms with E-state index in [9.17, 15) is 27.9 Å². The summed E-state index contributed by atoms with van der Waals surface area (Å²) in [5.41, 5.74) is 5.05. The summed E-state index contributed by atoms with van der Waals surface area (Å²) in [5, 5.41) is 16.7. The first-order valence-electron chi connectivity index (χ1n) is 8.95. The highest BCUT2D eigenvalue weighted by atomic mass is 32.2. The lowest BCUT2D eigenvalue weighted by atomic mass is 10.0. The van der Waals surface area contributed by atoms with Crippen molar-refractivity contribution < 1.29 is 32.7 Å². The van der Waals surface area contributed by atoms with E-state index in [-0.39, 0.29) is 33.9 Å². The molecule has 178 valence electrons. The minimum absolute atomic E-state index is 0.0672. The number of nitrogens with one attached hydrogen (secondary N) is 1. The van der Waals surface area contributed by atoms with Gasteiger partial charge in [-0.25, -0.2) is 13.2 Å². The first-order chi connectivity index (χ1) is 15.5. The number of carboxylic acid groups (broad SMARTS) is 1. The molecular weight excluding hydrogens is 516 g/mol. The van der Waals surface area contributed by atoms with Crippen LogP contribution in [-0.4, -0.2) is 87.6 Å². The maximum absolute atomic E-state index is 12.7. The van der Waals surface area contributed by atoms with E-state index in [4.69, 9.17) is 5.73 Å². The van der Waals surface area contributed by atoms with E-state index in [0.717, 1.165) is 34.5 Å². The number of carboxylic acids is 1. The molecule has 2 aliphatic rings. The molecule has 0 spiro atoms. The summed E-state index contributed by atoms with van der Waals surface area (Å²) in [4.78, 5) is 47.3. The van der Waals surface area contributed by atoms with E-state index in [1.165, 1.54) is 30.4 Å². The smallest absolute Gasteiger partial charge is 0.353 e. The fourth-order valence-corrected chi connectivity index (χ4v) is 6.17. The Kier molecular flexibility index (Phi) is 7.65. The number of amides is 2. The summed E-state index contributed by atoms with van der Waals surface area (Å²) in [5.74, 6) is -2.70. The van der Waals surface area contributed by atoms with E-state index < -0.39 is 39.0 Å². The molecule has 0 aromatic carbocycles. The van der Waals surface area contributed by atoms with Gasteiger partial charge < -0.3 is 21.0 Å². The zero-order chi connectivity index (χ0) is 24.3. The third kappa shape index (κ3) is 5.66. The molecule has 4 N–H and O–H groups in total. The second-order valence-corrected chi connectivity index (χ2v) is 11.7. The van der Waals surface area contributed by atoms with Crippen molar-refractivity contribution in [1.82, 2.24) is 19.6 Å². The molecule has 1 saturated heterocycles. The molecule has 0 saturated carbocycles. The molecule has 17 heteroatoms. The van der Waals surface area contributed by atoms with Crippen molar-refractivity contribution >= 4 is 73.5 Å². The number of hydrogen-bond acceptors (Lipinski definition) is 13. The Bertz CT molecular complexity index is 1180. The second kappa shape index (κ2) is 10.1. The lowest BCUT2D eigenvalue weighted by Crippen LogP contribution is -2.71. The molecule has 1 unspecified atom stereocenters. The van der Waals surface area contributed by atoms with Crippen LogP contribution in [0.3, 0.4) is 0 Å². The number of thioether (sulfide) groups is 2. The number of nitrogens with two attached hydrogens (primary N) is 1. The average molecular weight is 535 g/mol. The lowest BCUT2D eigenvalue weighted by molar-refractivity contribution is -0.150. The zero-order valence-electron chi connectivity index (χ0n) is 17.1. The maximum atomic E-state index is 12.7. The monoisotopic (exact) mass is 534 g/mol. The van der Waals surface area contributed by atoms with Crippen LogP contribution in [0.4, 0.5) is 5.13 Å². The number of hydrogen-bond donors (Lipinski definition) is 3. The Labute approximate surface area is 200 Å². The topological polar surface area (TPSA) is 194 Å². The molecule has 2 aliphatic heterocycles. The van der Waals surface area contributed by atoms with Crippen molar-refractivity contribution in [1.29, 1.82) is 0 Å². The highest BCUT2D eigenvalue weighted by Crippen LogP contribution is 2.43. The molecule has 3 heterocycles. The van der Waals surface area contributed by atoms with Gasteiger partial charge in [0.25, 0.3) is 11.8 Å². The van der Waals surface area contributed by atoms with E-state index in [0.29, 0.717) is 4.91 Å². The summed E-state index contributed by atoms with van der Waals surface area (Å²) >= 11 is 3.15. The largest absolute Gasteiger partial charge is 0.477 e. The SMILES string of the molecule is CO/N=C(\C(=O)NC1C(=O)N2C(C(=O)O)=C(S/C=C\CS(C)(=O)=O)CS[C@H]12)c1nsc(N)n1. The number of carbonyl (C=O) groups excluding carboxylic acids is 2. The predicted octanol–water partition coefficient (Wildman–Crippen LogP) is -0.542. The number of anilines is 1. The van der Waals surface area contributed by atoms with Crippen molar-refractivity contribution in [3.05, 3.63) is 27.9 Å². The van der Waals surface area contributed by atoms with Crippen LogP contribution in [0, 0.1) is 0 Å². The Balaban J connectivity index is 1.75. The van der Waals surface area contributed by atoms with Gasteiger partial charge in [-0.1, -0.05) is 23.0 Å².